The largest absolute Gasteiger partial charge is 0.328 e. The number of nitrogens with one attached hydrogen (secondary N) is 1. The van der Waals surface area contributed by atoms with Crippen molar-refractivity contribution in [2.45, 2.75) is 20.0 Å². The van der Waals surface area contributed by atoms with Crippen LogP contribution in [0, 0.1) is 6.92 Å². The Balaban J connectivity index is 1.83. The zero-order valence-electron chi connectivity index (χ0n) is 9.47. The molecule has 1 amide bonds. The summed E-state index contributed by atoms with van der Waals surface area (Å²) in [7, 11) is 0. The highest BCUT2D eigenvalue weighted by Crippen LogP contribution is 2.24. The van der Waals surface area contributed by atoms with Crippen LogP contribution in [0.2, 0.25) is 0 Å². The fourth-order valence-electron chi connectivity index (χ4n) is 2.09. The van der Waals surface area contributed by atoms with Gasteiger partial charge in [0.2, 0.25) is 0 Å². The Morgan fingerprint density at radius 3 is 3.06 bits per heavy atom. The average Bonchev–Trinajstić information content (AvgIpc) is 2.92. The monoisotopic (exact) mass is 228 g/mol. The Bertz CT molecular complexity index is 561. The number of hydrogen-bond acceptors (Lipinski definition) is 3. The number of aryl methyl sites for hydroxylation is 1. The maximum atomic E-state index is 12.2. The second-order valence-corrected chi connectivity index (χ2v) is 4.18. The minimum absolute atomic E-state index is 0.00972. The number of H-pyrrole nitrogens is 1. The van der Waals surface area contributed by atoms with E-state index >= 15 is 0 Å². The van der Waals surface area contributed by atoms with E-state index in [-0.39, 0.29) is 5.91 Å². The number of nitrogens with zero attached hydrogens (tertiary/aromatic N) is 3. The summed E-state index contributed by atoms with van der Waals surface area (Å²) >= 11 is 0. The van der Waals surface area contributed by atoms with Gasteiger partial charge in [-0.05, 0) is 19.1 Å². The van der Waals surface area contributed by atoms with Gasteiger partial charge in [0, 0.05) is 23.7 Å². The molecule has 2 aromatic heterocycles. The summed E-state index contributed by atoms with van der Waals surface area (Å²) in [5, 5.41) is 7.13. The molecule has 0 unspecified atom stereocenters. The van der Waals surface area contributed by atoms with E-state index in [2.05, 4.69) is 15.2 Å². The van der Waals surface area contributed by atoms with Crippen molar-refractivity contribution in [3.8, 4) is 0 Å². The second kappa shape index (κ2) is 3.69. The standard InChI is InChI=1S/C12H12N4O/c1-8-10-6-16(7-11(10)15-14-8)12(17)9-3-2-4-13-5-9/h2-5H,6-7H2,1H3,(H,14,15). The molecule has 5 nitrogen and oxygen atoms in total. The summed E-state index contributed by atoms with van der Waals surface area (Å²) in [4.78, 5) is 17.9. The van der Waals surface area contributed by atoms with Crippen molar-refractivity contribution in [3.63, 3.8) is 0 Å². The molecular formula is C12H12N4O. The lowest BCUT2D eigenvalue weighted by molar-refractivity contribution is 0.0749. The van der Waals surface area contributed by atoms with E-state index in [1.165, 1.54) is 0 Å². The SMILES string of the molecule is Cc1[nH]nc2c1CN(C(=O)c1cccnc1)C2. The highest BCUT2D eigenvalue weighted by atomic mass is 16.2. The highest BCUT2D eigenvalue weighted by molar-refractivity contribution is 5.94. The van der Waals surface area contributed by atoms with Gasteiger partial charge in [-0.25, -0.2) is 0 Å². The lowest BCUT2D eigenvalue weighted by Crippen LogP contribution is -2.25. The molecule has 0 fully saturated rings. The molecule has 0 saturated carbocycles. The number of amides is 1. The van der Waals surface area contributed by atoms with Gasteiger partial charge in [0.05, 0.1) is 24.3 Å². The molecule has 0 atom stereocenters. The molecule has 17 heavy (non-hydrogen) atoms. The number of aromatic amines is 1. The number of fused-ring (bicyclic) bond motifs is 1. The molecular weight excluding hydrogens is 216 g/mol. The maximum absolute atomic E-state index is 12.2. The topological polar surface area (TPSA) is 61.9 Å². The van der Waals surface area contributed by atoms with Gasteiger partial charge in [0.1, 0.15) is 0 Å². The normalized spacial score (nSPS) is 13.8. The van der Waals surface area contributed by atoms with Gasteiger partial charge in [-0.15, -0.1) is 0 Å². The number of hydrogen-bond donors (Lipinski definition) is 1. The number of aromatic nitrogens is 3. The van der Waals surface area contributed by atoms with Gasteiger partial charge in [-0.3, -0.25) is 14.9 Å². The lowest BCUT2D eigenvalue weighted by atomic mass is 10.2. The molecule has 5 heteroatoms. The molecule has 3 heterocycles. The third-order valence-electron chi connectivity index (χ3n) is 3.04. The van der Waals surface area contributed by atoms with Crippen LogP contribution in [0.4, 0.5) is 0 Å². The first-order valence-electron chi connectivity index (χ1n) is 5.47. The van der Waals surface area contributed by atoms with Crippen LogP contribution < -0.4 is 0 Å². The summed E-state index contributed by atoms with van der Waals surface area (Å²) < 4.78 is 0. The fourth-order valence-corrected chi connectivity index (χ4v) is 2.09. The van der Waals surface area contributed by atoms with E-state index in [9.17, 15) is 4.79 Å². The predicted molar refractivity (Wildman–Crippen MR) is 61.1 cm³/mol. The Hall–Kier alpha value is -2.17. The van der Waals surface area contributed by atoms with Crippen molar-refractivity contribution in [1.82, 2.24) is 20.1 Å². The molecule has 1 aliphatic rings. The van der Waals surface area contributed by atoms with Gasteiger partial charge in [0.15, 0.2) is 0 Å². The zero-order chi connectivity index (χ0) is 11.8. The molecule has 3 rings (SSSR count). The molecule has 86 valence electrons. The summed E-state index contributed by atoms with van der Waals surface area (Å²) in [5.41, 5.74) is 3.78. The molecule has 1 aliphatic heterocycles. The number of carbonyl (C=O) groups excluding carboxylic acids is 1. The van der Waals surface area contributed by atoms with Crippen LogP contribution in [-0.4, -0.2) is 26.0 Å². The van der Waals surface area contributed by atoms with Crippen molar-refractivity contribution in [2.24, 2.45) is 0 Å². The molecule has 0 spiro atoms. The van der Waals surface area contributed by atoms with Crippen LogP contribution in [0.25, 0.3) is 0 Å². The second-order valence-electron chi connectivity index (χ2n) is 4.18. The van der Waals surface area contributed by atoms with Crippen LogP contribution in [0.15, 0.2) is 24.5 Å². The van der Waals surface area contributed by atoms with Crippen molar-refractivity contribution in [2.75, 3.05) is 0 Å². The van der Waals surface area contributed by atoms with Gasteiger partial charge < -0.3 is 4.90 Å². The first kappa shape index (κ1) is 10.0. The number of carbonyl (C=O) groups is 1. The third-order valence-corrected chi connectivity index (χ3v) is 3.04. The minimum atomic E-state index is 0.00972. The third kappa shape index (κ3) is 1.60. The molecule has 0 saturated heterocycles. The Labute approximate surface area is 98.5 Å². The molecule has 2 aromatic rings. The first-order chi connectivity index (χ1) is 8.25. The average molecular weight is 228 g/mol. The first-order valence-corrected chi connectivity index (χ1v) is 5.47. The van der Waals surface area contributed by atoms with E-state index < -0.39 is 0 Å². The van der Waals surface area contributed by atoms with Crippen molar-refractivity contribution < 1.29 is 4.79 Å². The summed E-state index contributed by atoms with van der Waals surface area (Å²) in [6.07, 6.45) is 3.26. The van der Waals surface area contributed by atoms with Crippen LogP contribution in [0.5, 0.6) is 0 Å². The van der Waals surface area contributed by atoms with E-state index in [1.807, 2.05) is 6.92 Å². The zero-order valence-corrected chi connectivity index (χ0v) is 9.47. The summed E-state index contributed by atoms with van der Waals surface area (Å²) in [6.45, 7) is 3.18. The minimum Gasteiger partial charge on any atom is -0.328 e. The fraction of sp³-hybridized carbons (Fsp3) is 0.250. The van der Waals surface area contributed by atoms with Crippen molar-refractivity contribution in [3.05, 3.63) is 47.0 Å². The van der Waals surface area contributed by atoms with Crippen LogP contribution in [0.1, 0.15) is 27.3 Å². The van der Waals surface area contributed by atoms with E-state index in [4.69, 9.17) is 0 Å². The van der Waals surface area contributed by atoms with Crippen LogP contribution in [-0.2, 0) is 13.1 Å². The van der Waals surface area contributed by atoms with Gasteiger partial charge >= 0.3 is 0 Å². The van der Waals surface area contributed by atoms with Crippen LogP contribution >= 0.6 is 0 Å². The molecule has 0 bridgehead atoms. The number of rotatable bonds is 1. The van der Waals surface area contributed by atoms with E-state index in [0.717, 1.165) is 17.0 Å². The molecule has 0 aromatic carbocycles. The van der Waals surface area contributed by atoms with Gasteiger partial charge in [-0.2, -0.15) is 5.10 Å². The predicted octanol–water partition coefficient (Wildman–Crippen LogP) is 1.27. The smallest absolute Gasteiger partial charge is 0.256 e. The Kier molecular flexibility index (Phi) is 2.18. The molecule has 0 radical (unpaired) electrons. The number of pyridine rings is 1. The highest BCUT2D eigenvalue weighted by Gasteiger charge is 2.27. The van der Waals surface area contributed by atoms with Gasteiger partial charge in [0.25, 0.3) is 5.91 Å². The van der Waals surface area contributed by atoms with E-state index in [0.29, 0.717) is 18.7 Å². The van der Waals surface area contributed by atoms with Gasteiger partial charge in [-0.1, -0.05) is 0 Å². The summed E-state index contributed by atoms with van der Waals surface area (Å²) in [5.74, 6) is 0.00972. The summed E-state index contributed by atoms with van der Waals surface area (Å²) in [6, 6.07) is 3.55. The van der Waals surface area contributed by atoms with Crippen molar-refractivity contribution in [1.29, 1.82) is 0 Å². The Morgan fingerprint density at radius 2 is 2.35 bits per heavy atom. The molecule has 0 aliphatic carbocycles. The Morgan fingerprint density at radius 1 is 1.47 bits per heavy atom. The maximum Gasteiger partial charge on any atom is 0.256 e. The lowest BCUT2D eigenvalue weighted by Gasteiger charge is -2.15. The van der Waals surface area contributed by atoms with E-state index in [1.54, 1.807) is 29.4 Å². The quantitative estimate of drug-likeness (QED) is 0.799. The van der Waals surface area contributed by atoms with Crippen molar-refractivity contribution >= 4 is 5.91 Å². The molecule has 1 N–H and O–H groups in total. The van der Waals surface area contributed by atoms with Crippen LogP contribution in [0.3, 0.4) is 0 Å².